The molecular weight excluding hydrogens is 364 g/mol. The van der Waals surface area contributed by atoms with Gasteiger partial charge in [-0.3, -0.25) is 4.79 Å². The minimum atomic E-state index is -1.00. The fourth-order valence-electron chi connectivity index (χ4n) is 1.37. The third-order valence-corrected chi connectivity index (χ3v) is 3.06. The van der Waals surface area contributed by atoms with E-state index in [0.29, 0.717) is 15.5 Å². The quantitative estimate of drug-likeness (QED) is 0.832. The van der Waals surface area contributed by atoms with Crippen LogP contribution >= 0.6 is 27.5 Å². The number of pyridine rings is 1. The van der Waals surface area contributed by atoms with Gasteiger partial charge in [0.25, 0.3) is 5.91 Å². The van der Waals surface area contributed by atoms with Gasteiger partial charge in [0.05, 0.1) is 5.02 Å². The van der Waals surface area contributed by atoms with Gasteiger partial charge in [0.15, 0.2) is 10.8 Å². The van der Waals surface area contributed by atoms with E-state index in [0.717, 1.165) is 0 Å². The van der Waals surface area contributed by atoms with Crippen LogP contribution in [0.25, 0.3) is 0 Å². The number of rotatable bonds is 4. The summed E-state index contributed by atoms with van der Waals surface area (Å²) < 4.78 is 10.4. The van der Waals surface area contributed by atoms with E-state index in [2.05, 4.69) is 26.2 Å². The number of carbonyl (C=O) groups excluding carboxylic acids is 2. The van der Waals surface area contributed by atoms with E-state index >= 15 is 0 Å². The third kappa shape index (κ3) is 4.30. The van der Waals surface area contributed by atoms with Gasteiger partial charge >= 0.3 is 5.97 Å². The first-order valence-electron chi connectivity index (χ1n) is 5.84. The Morgan fingerprint density at radius 1 is 1.38 bits per heavy atom. The zero-order valence-corrected chi connectivity index (χ0v) is 13.1. The van der Waals surface area contributed by atoms with Crippen LogP contribution in [0, 0.1) is 0 Å². The molecule has 2 heterocycles. The van der Waals surface area contributed by atoms with Gasteiger partial charge in [-0.2, -0.15) is 0 Å². The van der Waals surface area contributed by atoms with Crippen LogP contribution in [0.1, 0.15) is 17.5 Å². The largest absolute Gasteiger partial charge is 0.447 e. The van der Waals surface area contributed by atoms with Crippen molar-refractivity contribution in [3.8, 4) is 0 Å². The fourth-order valence-corrected chi connectivity index (χ4v) is 1.79. The van der Waals surface area contributed by atoms with Gasteiger partial charge in [0, 0.05) is 6.20 Å². The summed E-state index contributed by atoms with van der Waals surface area (Å²) in [5.74, 6) is -0.921. The number of ether oxygens (including phenoxy) is 1. The van der Waals surface area contributed by atoms with Crippen molar-refractivity contribution < 1.29 is 18.7 Å². The third-order valence-electron chi connectivity index (χ3n) is 2.41. The summed E-state index contributed by atoms with van der Waals surface area (Å²) >= 11 is 8.76. The molecule has 0 aliphatic rings. The van der Waals surface area contributed by atoms with Crippen molar-refractivity contribution in [1.29, 1.82) is 0 Å². The number of carbonyl (C=O) groups is 2. The van der Waals surface area contributed by atoms with Gasteiger partial charge in [-0.05, 0) is 47.1 Å². The summed E-state index contributed by atoms with van der Waals surface area (Å²) in [5.41, 5.74) is 0. The highest BCUT2D eigenvalue weighted by Gasteiger charge is 2.21. The van der Waals surface area contributed by atoms with E-state index in [1.54, 1.807) is 18.2 Å². The number of nitrogens with one attached hydrogen (secondary N) is 1. The van der Waals surface area contributed by atoms with Gasteiger partial charge in [-0.1, -0.05) is 11.6 Å². The number of nitrogens with zero attached hydrogens (tertiary/aromatic N) is 1. The first-order valence-corrected chi connectivity index (χ1v) is 7.01. The predicted octanol–water partition coefficient (Wildman–Crippen LogP) is 3.27. The smallest absolute Gasteiger partial charge is 0.375 e. The highest BCUT2D eigenvalue weighted by molar-refractivity contribution is 9.10. The summed E-state index contributed by atoms with van der Waals surface area (Å²) in [7, 11) is 0. The topological polar surface area (TPSA) is 81.4 Å². The van der Waals surface area contributed by atoms with Crippen molar-refractivity contribution in [2.75, 3.05) is 5.32 Å². The first kappa shape index (κ1) is 15.5. The molecule has 1 amide bonds. The summed E-state index contributed by atoms with van der Waals surface area (Å²) in [5, 5.41) is 2.96. The van der Waals surface area contributed by atoms with E-state index in [1.807, 2.05) is 0 Å². The Balaban J connectivity index is 1.93. The fraction of sp³-hybridized carbons (Fsp3) is 0.154. The molecule has 8 heteroatoms. The molecule has 1 atom stereocenters. The second-order valence-electron chi connectivity index (χ2n) is 4.00. The number of aromatic nitrogens is 1. The maximum absolute atomic E-state index is 11.9. The van der Waals surface area contributed by atoms with Crippen molar-refractivity contribution in [2.24, 2.45) is 0 Å². The molecule has 1 unspecified atom stereocenters. The van der Waals surface area contributed by atoms with Crippen molar-refractivity contribution in [3.63, 3.8) is 0 Å². The summed E-state index contributed by atoms with van der Waals surface area (Å²) in [6, 6.07) is 6.12. The first-order chi connectivity index (χ1) is 9.95. The number of esters is 1. The minimum absolute atomic E-state index is 0.00569. The van der Waals surface area contributed by atoms with Gasteiger partial charge in [0.1, 0.15) is 5.82 Å². The molecule has 2 aromatic rings. The van der Waals surface area contributed by atoms with Crippen molar-refractivity contribution in [2.45, 2.75) is 13.0 Å². The lowest BCUT2D eigenvalue weighted by Crippen LogP contribution is -2.30. The average molecular weight is 374 g/mol. The molecule has 21 heavy (non-hydrogen) atoms. The Hall–Kier alpha value is -1.86. The Bertz CT molecular complexity index is 656. The Labute approximate surface area is 133 Å². The highest BCUT2D eigenvalue weighted by Crippen LogP contribution is 2.16. The van der Waals surface area contributed by atoms with Crippen LogP contribution in [-0.4, -0.2) is 23.0 Å². The Morgan fingerprint density at radius 3 is 2.71 bits per heavy atom. The lowest BCUT2D eigenvalue weighted by atomic mass is 10.3. The normalized spacial score (nSPS) is 11.8. The van der Waals surface area contributed by atoms with Gasteiger partial charge < -0.3 is 14.5 Å². The standard InChI is InChI=1S/C13H10BrClN2O4/c1-7(20-13(19)9-3-4-10(14)21-9)12(18)17-11-5-2-8(15)6-16-11/h2-7H,1H3,(H,16,17,18). The summed E-state index contributed by atoms with van der Waals surface area (Å²) in [6.45, 7) is 1.45. The molecule has 0 saturated heterocycles. The molecule has 0 aliphatic heterocycles. The second kappa shape index (κ2) is 6.73. The molecule has 2 aromatic heterocycles. The highest BCUT2D eigenvalue weighted by atomic mass is 79.9. The molecule has 0 spiro atoms. The van der Waals surface area contributed by atoms with Crippen molar-refractivity contribution >= 4 is 45.2 Å². The number of furan rings is 1. The van der Waals surface area contributed by atoms with Crippen LogP contribution < -0.4 is 5.32 Å². The van der Waals surface area contributed by atoms with Crippen LogP contribution in [-0.2, 0) is 9.53 Å². The van der Waals surface area contributed by atoms with Crippen LogP contribution in [0.2, 0.25) is 5.02 Å². The molecule has 1 N–H and O–H groups in total. The molecule has 6 nitrogen and oxygen atoms in total. The lowest BCUT2D eigenvalue weighted by Gasteiger charge is -2.12. The summed E-state index contributed by atoms with van der Waals surface area (Å²) in [6.07, 6.45) is 0.396. The van der Waals surface area contributed by atoms with Gasteiger partial charge in [-0.25, -0.2) is 9.78 Å². The number of anilines is 1. The molecule has 0 bridgehead atoms. The second-order valence-corrected chi connectivity index (χ2v) is 5.22. The van der Waals surface area contributed by atoms with Crippen LogP contribution in [0.3, 0.4) is 0 Å². The molecule has 0 radical (unpaired) electrons. The summed E-state index contributed by atoms with van der Waals surface area (Å²) in [4.78, 5) is 27.5. The molecule has 2 rings (SSSR count). The molecule has 0 saturated carbocycles. The van der Waals surface area contributed by atoms with E-state index in [9.17, 15) is 9.59 Å². The molecule has 0 aliphatic carbocycles. The van der Waals surface area contributed by atoms with Gasteiger partial charge in [-0.15, -0.1) is 0 Å². The Kier molecular flexibility index (Phi) is 4.98. The lowest BCUT2D eigenvalue weighted by molar-refractivity contribution is -0.123. The van der Waals surface area contributed by atoms with Gasteiger partial charge in [0.2, 0.25) is 5.76 Å². The SMILES string of the molecule is CC(OC(=O)c1ccc(Br)o1)C(=O)Nc1ccc(Cl)cn1. The molecule has 0 aromatic carbocycles. The number of amides is 1. The van der Waals surface area contributed by atoms with Crippen LogP contribution in [0.5, 0.6) is 0 Å². The zero-order valence-electron chi connectivity index (χ0n) is 10.8. The minimum Gasteiger partial charge on any atom is -0.447 e. The van der Waals surface area contributed by atoms with E-state index in [-0.39, 0.29) is 5.76 Å². The number of halogens is 2. The van der Waals surface area contributed by atoms with Crippen molar-refractivity contribution in [3.05, 3.63) is 45.9 Å². The molecule has 110 valence electrons. The predicted molar refractivity (Wildman–Crippen MR) is 79.2 cm³/mol. The maximum Gasteiger partial charge on any atom is 0.375 e. The zero-order chi connectivity index (χ0) is 15.4. The molecule has 0 fully saturated rings. The average Bonchev–Trinajstić information content (AvgIpc) is 2.88. The van der Waals surface area contributed by atoms with E-state index < -0.39 is 18.0 Å². The molecular formula is C13H10BrClN2O4. The monoisotopic (exact) mass is 372 g/mol. The van der Waals surface area contributed by atoms with Crippen LogP contribution in [0.4, 0.5) is 5.82 Å². The van der Waals surface area contributed by atoms with Crippen molar-refractivity contribution in [1.82, 2.24) is 4.98 Å². The van der Waals surface area contributed by atoms with Crippen LogP contribution in [0.15, 0.2) is 39.5 Å². The Morgan fingerprint density at radius 2 is 2.14 bits per heavy atom. The number of hydrogen-bond donors (Lipinski definition) is 1. The van der Waals surface area contributed by atoms with E-state index in [1.165, 1.54) is 19.2 Å². The number of hydrogen-bond acceptors (Lipinski definition) is 5. The maximum atomic E-state index is 11.9. The van der Waals surface area contributed by atoms with E-state index in [4.69, 9.17) is 20.8 Å².